The van der Waals surface area contributed by atoms with Crippen LogP contribution in [0.4, 0.5) is 0 Å². The second kappa shape index (κ2) is 6.71. The van der Waals surface area contributed by atoms with Gasteiger partial charge in [-0.25, -0.2) is 4.98 Å². The minimum absolute atomic E-state index is 0.468. The Morgan fingerprint density at radius 3 is 2.95 bits per heavy atom. The average molecular weight is 300 g/mol. The Balaban J connectivity index is 1.88. The Hall–Kier alpha value is -1.19. The fourth-order valence-electron chi connectivity index (χ4n) is 3.53. The molecule has 2 nitrogen and oxygen atoms in total. The van der Waals surface area contributed by atoms with Crippen LogP contribution in [0.3, 0.4) is 0 Å². The standard InChI is InChI=1S/C18H24N2S/c1-3-19-18-15(11-16-12-21-13(2)20-16)9-6-8-14-7-4-5-10-17(14)18/h4-5,7,10,12,15,18-19H,3,6,8-9,11H2,1-2H3. The van der Waals surface area contributed by atoms with Crippen molar-refractivity contribution in [3.05, 3.63) is 51.5 Å². The van der Waals surface area contributed by atoms with E-state index in [1.807, 2.05) is 0 Å². The molecule has 1 heterocycles. The van der Waals surface area contributed by atoms with E-state index < -0.39 is 0 Å². The number of aromatic nitrogens is 1. The Kier molecular flexibility index (Phi) is 4.71. The number of benzene rings is 1. The molecule has 0 saturated carbocycles. The Morgan fingerprint density at radius 2 is 2.19 bits per heavy atom. The van der Waals surface area contributed by atoms with E-state index in [4.69, 9.17) is 0 Å². The van der Waals surface area contributed by atoms with E-state index in [9.17, 15) is 0 Å². The van der Waals surface area contributed by atoms with E-state index in [2.05, 4.69) is 53.8 Å². The molecule has 3 rings (SSSR count). The van der Waals surface area contributed by atoms with Crippen LogP contribution in [0.2, 0.25) is 0 Å². The number of fused-ring (bicyclic) bond motifs is 1. The highest BCUT2D eigenvalue weighted by atomic mass is 32.1. The lowest BCUT2D eigenvalue weighted by molar-refractivity contribution is 0.344. The van der Waals surface area contributed by atoms with Gasteiger partial charge in [0.1, 0.15) is 0 Å². The molecule has 0 amide bonds. The molecule has 1 N–H and O–H groups in total. The Labute approximate surface area is 131 Å². The number of nitrogens with zero attached hydrogens (tertiary/aromatic N) is 1. The average Bonchev–Trinajstić information content (AvgIpc) is 2.81. The van der Waals surface area contributed by atoms with Crippen LogP contribution in [0.1, 0.15) is 47.6 Å². The van der Waals surface area contributed by atoms with Crippen molar-refractivity contribution in [3.8, 4) is 0 Å². The Bertz CT molecular complexity index is 590. The zero-order valence-corrected chi connectivity index (χ0v) is 13.7. The monoisotopic (exact) mass is 300 g/mol. The van der Waals surface area contributed by atoms with E-state index in [1.165, 1.54) is 41.1 Å². The molecule has 2 atom stereocenters. The van der Waals surface area contributed by atoms with E-state index in [-0.39, 0.29) is 0 Å². The lowest BCUT2D eigenvalue weighted by Gasteiger charge is -2.27. The van der Waals surface area contributed by atoms with Gasteiger partial charge in [-0.3, -0.25) is 0 Å². The molecular formula is C18H24N2S. The van der Waals surface area contributed by atoms with Crippen molar-refractivity contribution in [1.29, 1.82) is 0 Å². The van der Waals surface area contributed by atoms with Gasteiger partial charge < -0.3 is 5.32 Å². The van der Waals surface area contributed by atoms with Crippen LogP contribution in [-0.2, 0) is 12.8 Å². The summed E-state index contributed by atoms with van der Waals surface area (Å²) in [5.74, 6) is 0.648. The van der Waals surface area contributed by atoms with Crippen LogP contribution >= 0.6 is 11.3 Å². The largest absolute Gasteiger partial charge is 0.310 e. The van der Waals surface area contributed by atoms with Gasteiger partial charge in [-0.1, -0.05) is 31.2 Å². The molecule has 112 valence electrons. The van der Waals surface area contributed by atoms with Crippen LogP contribution in [0.25, 0.3) is 0 Å². The molecule has 0 bridgehead atoms. The smallest absolute Gasteiger partial charge is 0.0897 e. The van der Waals surface area contributed by atoms with Crippen molar-refractivity contribution >= 4 is 11.3 Å². The number of hydrogen-bond acceptors (Lipinski definition) is 3. The maximum atomic E-state index is 4.68. The summed E-state index contributed by atoms with van der Waals surface area (Å²) in [6.45, 7) is 5.32. The maximum Gasteiger partial charge on any atom is 0.0897 e. The molecule has 0 spiro atoms. The summed E-state index contributed by atoms with van der Waals surface area (Å²) in [5, 5.41) is 7.14. The predicted molar refractivity (Wildman–Crippen MR) is 89.8 cm³/mol. The van der Waals surface area contributed by atoms with Crippen LogP contribution in [0.15, 0.2) is 29.6 Å². The van der Waals surface area contributed by atoms with E-state index in [1.54, 1.807) is 11.3 Å². The third-order valence-electron chi connectivity index (χ3n) is 4.44. The molecule has 0 aliphatic heterocycles. The highest BCUT2D eigenvalue weighted by Gasteiger charge is 2.27. The van der Waals surface area contributed by atoms with Crippen LogP contribution < -0.4 is 5.32 Å². The first-order valence-electron chi connectivity index (χ1n) is 8.00. The molecule has 0 fully saturated rings. The maximum absolute atomic E-state index is 4.68. The zero-order valence-electron chi connectivity index (χ0n) is 12.9. The van der Waals surface area contributed by atoms with Crippen LogP contribution in [-0.4, -0.2) is 11.5 Å². The summed E-state index contributed by atoms with van der Waals surface area (Å²) in [6.07, 6.45) is 4.87. The van der Waals surface area contributed by atoms with Crippen molar-refractivity contribution in [2.45, 2.75) is 45.6 Å². The summed E-state index contributed by atoms with van der Waals surface area (Å²) in [4.78, 5) is 4.68. The number of nitrogens with one attached hydrogen (secondary N) is 1. The van der Waals surface area contributed by atoms with Gasteiger partial charge in [0.15, 0.2) is 0 Å². The van der Waals surface area contributed by atoms with Crippen molar-refractivity contribution < 1.29 is 0 Å². The third-order valence-corrected chi connectivity index (χ3v) is 5.27. The minimum atomic E-state index is 0.468. The fraction of sp³-hybridized carbons (Fsp3) is 0.500. The second-order valence-corrected chi connectivity index (χ2v) is 7.01. The van der Waals surface area contributed by atoms with Crippen LogP contribution in [0.5, 0.6) is 0 Å². The third kappa shape index (κ3) is 3.35. The first kappa shape index (κ1) is 14.7. The molecule has 0 radical (unpaired) electrons. The molecule has 0 saturated heterocycles. The number of rotatable bonds is 4. The highest BCUT2D eigenvalue weighted by molar-refractivity contribution is 7.09. The van der Waals surface area contributed by atoms with E-state index >= 15 is 0 Å². The fourth-order valence-corrected chi connectivity index (χ4v) is 4.15. The molecule has 2 aromatic rings. The van der Waals surface area contributed by atoms with Crippen molar-refractivity contribution in [3.63, 3.8) is 0 Å². The molecule has 1 aromatic heterocycles. The van der Waals surface area contributed by atoms with Crippen molar-refractivity contribution in [2.75, 3.05) is 6.54 Å². The lowest BCUT2D eigenvalue weighted by atomic mass is 9.87. The Morgan fingerprint density at radius 1 is 1.33 bits per heavy atom. The highest BCUT2D eigenvalue weighted by Crippen LogP contribution is 2.35. The number of thiazole rings is 1. The number of aryl methyl sites for hydroxylation is 2. The molecule has 1 aliphatic carbocycles. The topological polar surface area (TPSA) is 24.9 Å². The molecule has 21 heavy (non-hydrogen) atoms. The van der Waals surface area contributed by atoms with Gasteiger partial charge in [0, 0.05) is 11.4 Å². The number of hydrogen-bond donors (Lipinski definition) is 1. The predicted octanol–water partition coefficient (Wildman–Crippen LogP) is 4.30. The van der Waals surface area contributed by atoms with Gasteiger partial charge in [0.2, 0.25) is 0 Å². The van der Waals surface area contributed by atoms with E-state index in [0.29, 0.717) is 12.0 Å². The summed E-state index contributed by atoms with van der Waals surface area (Å²) in [7, 11) is 0. The van der Waals surface area contributed by atoms with E-state index in [0.717, 1.165) is 13.0 Å². The summed E-state index contributed by atoms with van der Waals surface area (Å²) in [5.41, 5.74) is 4.30. The molecular weight excluding hydrogens is 276 g/mol. The van der Waals surface area contributed by atoms with Gasteiger partial charge in [-0.15, -0.1) is 11.3 Å². The minimum Gasteiger partial charge on any atom is -0.310 e. The quantitative estimate of drug-likeness (QED) is 0.852. The van der Waals surface area contributed by atoms with Gasteiger partial charge >= 0.3 is 0 Å². The molecule has 3 heteroatoms. The summed E-state index contributed by atoms with van der Waals surface area (Å²) >= 11 is 1.77. The SMILES string of the molecule is CCNC1c2ccccc2CCCC1Cc1csc(C)n1. The first-order chi connectivity index (χ1) is 10.3. The summed E-state index contributed by atoms with van der Waals surface area (Å²) < 4.78 is 0. The van der Waals surface area contributed by atoms with Crippen molar-refractivity contribution in [2.24, 2.45) is 5.92 Å². The normalized spacial score (nSPS) is 21.8. The molecule has 1 aliphatic rings. The molecule has 2 unspecified atom stereocenters. The van der Waals surface area contributed by atoms with Crippen molar-refractivity contribution in [1.82, 2.24) is 10.3 Å². The first-order valence-corrected chi connectivity index (χ1v) is 8.88. The lowest BCUT2D eigenvalue weighted by Crippen LogP contribution is -2.29. The van der Waals surface area contributed by atoms with Gasteiger partial charge in [-0.2, -0.15) is 0 Å². The van der Waals surface area contributed by atoms with Gasteiger partial charge in [-0.05, 0) is 56.2 Å². The van der Waals surface area contributed by atoms with Gasteiger partial charge in [0.05, 0.1) is 10.7 Å². The zero-order chi connectivity index (χ0) is 14.7. The summed E-state index contributed by atoms with van der Waals surface area (Å²) in [6, 6.07) is 9.43. The molecule has 1 aromatic carbocycles. The van der Waals surface area contributed by atoms with Gasteiger partial charge in [0.25, 0.3) is 0 Å². The second-order valence-electron chi connectivity index (χ2n) is 5.95. The van der Waals surface area contributed by atoms with Crippen LogP contribution in [0, 0.1) is 12.8 Å².